The molecule has 3 aromatic heterocycles. The van der Waals surface area contributed by atoms with Crippen LogP contribution in [0, 0.1) is 0 Å². The van der Waals surface area contributed by atoms with E-state index in [1.54, 1.807) is 0 Å². The van der Waals surface area contributed by atoms with Gasteiger partial charge >= 0.3 is 0 Å². The van der Waals surface area contributed by atoms with Gasteiger partial charge in [-0.2, -0.15) is 0 Å². The Bertz CT molecular complexity index is 3120. The van der Waals surface area contributed by atoms with Gasteiger partial charge in [-0.15, -0.1) is 11.3 Å². The van der Waals surface area contributed by atoms with Gasteiger partial charge in [0.15, 0.2) is 0 Å². The molecule has 0 aliphatic carbocycles. The average molecular weight is 680 g/mol. The van der Waals surface area contributed by atoms with Crippen molar-refractivity contribution in [1.29, 1.82) is 0 Å². The molecule has 0 N–H and O–H groups in total. The highest BCUT2D eigenvalue weighted by molar-refractivity contribution is 7.25. The fourth-order valence-corrected chi connectivity index (χ4v) is 9.19. The summed E-state index contributed by atoms with van der Waals surface area (Å²) in [5.41, 5.74) is 8.39. The largest absolute Gasteiger partial charge is 0.277 e. The number of hydrogen-bond donors (Lipinski definition) is 0. The Kier molecular flexibility index (Phi) is 6.42. The number of thiophene rings is 1. The lowest BCUT2D eigenvalue weighted by Gasteiger charge is -2.15. The minimum atomic E-state index is 0.648. The fourth-order valence-electron chi connectivity index (χ4n) is 8.10. The van der Waals surface area contributed by atoms with Crippen molar-refractivity contribution in [3.05, 3.63) is 176 Å². The fraction of sp³-hybridized carbons (Fsp3) is 0. The molecule has 0 aliphatic heterocycles. The summed E-state index contributed by atoms with van der Waals surface area (Å²) in [6.07, 6.45) is 0. The molecule has 52 heavy (non-hydrogen) atoms. The summed E-state index contributed by atoms with van der Waals surface area (Å²) >= 11 is 1.85. The van der Waals surface area contributed by atoms with E-state index in [0.29, 0.717) is 5.95 Å². The Morgan fingerprint density at radius 3 is 1.63 bits per heavy atom. The SMILES string of the molecule is c1ccc(-c2cc(-c3ccccc3)nc(-n3c4c(-c5ccc6sc7ccccc7c6c5)cccc4c4c5ccccc5c5ccccc5c43)n2)cc1. The summed E-state index contributed by atoms with van der Waals surface area (Å²) in [6.45, 7) is 0. The Balaban J connectivity index is 1.33. The van der Waals surface area contributed by atoms with Crippen LogP contribution in [-0.4, -0.2) is 14.5 Å². The van der Waals surface area contributed by atoms with Crippen molar-refractivity contribution < 1.29 is 0 Å². The van der Waals surface area contributed by atoms with Crippen molar-refractivity contribution in [3.8, 4) is 39.6 Å². The second-order valence-electron chi connectivity index (χ2n) is 13.3. The molecule has 0 unspecified atom stereocenters. The lowest BCUT2D eigenvalue weighted by atomic mass is 9.95. The molecule has 4 heteroatoms. The highest BCUT2D eigenvalue weighted by atomic mass is 32.1. The zero-order valence-electron chi connectivity index (χ0n) is 28.0. The molecule has 0 fully saturated rings. The normalized spacial score (nSPS) is 11.8. The third-order valence-corrected chi connectivity index (χ3v) is 11.6. The molecule has 0 aliphatic rings. The predicted molar refractivity (Wildman–Crippen MR) is 221 cm³/mol. The van der Waals surface area contributed by atoms with E-state index >= 15 is 0 Å². The van der Waals surface area contributed by atoms with E-state index in [1.807, 2.05) is 23.5 Å². The summed E-state index contributed by atoms with van der Waals surface area (Å²) in [7, 11) is 0. The van der Waals surface area contributed by atoms with E-state index in [1.165, 1.54) is 58.1 Å². The van der Waals surface area contributed by atoms with Gasteiger partial charge in [0.1, 0.15) is 0 Å². The van der Waals surface area contributed by atoms with Gasteiger partial charge in [-0.1, -0.05) is 152 Å². The molecule has 0 saturated heterocycles. The van der Waals surface area contributed by atoms with E-state index in [0.717, 1.165) is 39.1 Å². The second-order valence-corrected chi connectivity index (χ2v) is 14.4. The maximum atomic E-state index is 5.43. The van der Waals surface area contributed by atoms with Crippen molar-refractivity contribution in [2.24, 2.45) is 0 Å². The Morgan fingerprint density at radius 1 is 0.365 bits per heavy atom. The maximum absolute atomic E-state index is 5.43. The van der Waals surface area contributed by atoms with Gasteiger partial charge in [0.05, 0.1) is 22.4 Å². The van der Waals surface area contributed by atoms with Crippen LogP contribution in [0.1, 0.15) is 0 Å². The van der Waals surface area contributed by atoms with Crippen LogP contribution in [0.25, 0.3) is 103 Å². The summed E-state index contributed by atoms with van der Waals surface area (Å²) in [4.78, 5) is 10.9. The van der Waals surface area contributed by atoms with Crippen molar-refractivity contribution in [2.75, 3.05) is 0 Å². The molecule has 11 aromatic rings. The maximum Gasteiger partial charge on any atom is 0.235 e. The van der Waals surface area contributed by atoms with E-state index in [2.05, 4.69) is 168 Å². The van der Waals surface area contributed by atoms with Crippen LogP contribution in [0.3, 0.4) is 0 Å². The molecule has 0 radical (unpaired) electrons. The zero-order chi connectivity index (χ0) is 34.2. The molecule has 3 nitrogen and oxygen atoms in total. The van der Waals surface area contributed by atoms with E-state index in [4.69, 9.17) is 9.97 Å². The third-order valence-electron chi connectivity index (χ3n) is 10.4. The Morgan fingerprint density at radius 2 is 0.923 bits per heavy atom. The van der Waals surface area contributed by atoms with Crippen LogP contribution in [-0.2, 0) is 0 Å². The molecular formula is C48H29N3S. The Hall–Kier alpha value is -6.62. The molecule has 8 aromatic carbocycles. The number of rotatable bonds is 4. The second kappa shape index (κ2) is 11.5. The minimum absolute atomic E-state index is 0.648. The van der Waals surface area contributed by atoms with Gasteiger partial charge in [-0.05, 0) is 46.0 Å². The van der Waals surface area contributed by atoms with Gasteiger partial charge < -0.3 is 0 Å². The van der Waals surface area contributed by atoms with Crippen LogP contribution in [0.2, 0.25) is 0 Å². The molecule has 0 saturated carbocycles. The molecular weight excluding hydrogens is 651 g/mol. The number of para-hydroxylation sites is 1. The van der Waals surface area contributed by atoms with Crippen molar-refractivity contribution in [1.82, 2.24) is 14.5 Å². The van der Waals surface area contributed by atoms with Crippen LogP contribution in [0.4, 0.5) is 0 Å². The van der Waals surface area contributed by atoms with E-state index in [9.17, 15) is 0 Å². The smallest absolute Gasteiger partial charge is 0.235 e. The van der Waals surface area contributed by atoms with Gasteiger partial charge in [0, 0.05) is 53.0 Å². The van der Waals surface area contributed by atoms with Crippen LogP contribution >= 0.6 is 11.3 Å². The van der Waals surface area contributed by atoms with Gasteiger partial charge in [-0.25, -0.2) is 9.97 Å². The molecule has 11 rings (SSSR count). The first kappa shape index (κ1) is 29.1. The Labute approximate surface area is 303 Å². The molecule has 0 atom stereocenters. The van der Waals surface area contributed by atoms with Crippen LogP contribution in [0.5, 0.6) is 0 Å². The van der Waals surface area contributed by atoms with E-state index < -0.39 is 0 Å². The van der Waals surface area contributed by atoms with Crippen molar-refractivity contribution in [2.45, 2.75) is 0 Å². The highest BCUT2D eigenvalue weighted by Crippen LogP contribution is 2.46. The standard InChI is InChI=1S/C48H29N3S/c1-3-14-30(15-4-1)41-29-42(31-16-5-2-6-17-31)50-48(49-41)51-46-33(32-26-27-44-40(28-32)36-20-11-12-25-43(36)52-44)23-13-24-39(46)45-37-21-9-7-18-34(37)35-19-8-10-22-38(35)47(45)51/h1-29H. The summed E-state index contributed by atoms with van der Waals surface area (Å²) in [5, 5.41) is 9.81. The molecule has 0 amide bonds. The van der Waals surface area contributed by atoms with Gasteiger partial charge in [0.25, 0.3) is 0 Å². The van der Waals surface area contributed by atoms with Crippen molar-refractivity contribution in [3.63, 3.8) is 0 Å². The quantitative estimate of drug-likeness (QED) is 0.173. The van der Waals surface area contributed by atoms with E-state index in [-0.39, 0.29) is 0 Å². The molecule has 0 bridgehead atoms. The summed E-state index contributed by atoms with van der Waals surface area (Å²) in [6, 6.07) is 63.0. The number of fused-ring (bicyclic) bond motifs is 11. The lowest BCUT2D eigenvalue weighted by molar-refractivity contribution is 0.998. The first-order valence-electron chi connectivity index (χ1n) is 17.6. The first-order chi connectivity index (χ1) is 25.8. The van der Waals surface area contributed by atoms with Crippen LogP contribution < -0.4 is 0 Å². The highest BCUT2D eigenvalue weighted by Gasteiger charge is 2.24. The lowest BCUT2D eigenvalue weighted by Crippen LogP contribution is -2.05. The van der Waals surface area contributed by atoms with Crippen LogP contribution in [0.15, 0.2) is 176 Å². The first-order valence-corrected chi connectivity index (χ1v) is 18.4. The number of hydrogen-bond acceptors (Lipinski definition) is 3. The third kappa shape index (κ3) is 4.38. The summed E-state index contributed by atoms with van der Waals surface area (Å²) in [5.74, 6) is 0.648. The van der Waals surface area contributed by atoms with Gasteiger partial charge in [-0.3, -0.25) is 4.57 Å². The monoisotopic (exact) mass is 679 g/mol. The predicted octanol–water partition coefficient (Wildman–Crippen LogP) is 13.2. The molecule has 0 spiro atoms. The minimum Gasteiger partial charge on any atom is -0.277 e. The van der Waals surface area contributed by atoms with Crippen molar-refractivity contribution >= 4 is 74.9 Å². The molecule has 242 valence electrons. The van der Waals surface area contributed by atoms with Gasteiger partial charge in [0.2, 0.25) is 5.95 Å². The number of aromatic nitrogens is 3. The summed E-state index contributed by atoms with van der Waals surface area (Å²) < 4.78 is 4.95. The molecule has 3 heterocycles. The average Bonchev–Trinajstić information content (AvgIpc) is 3.78. The number of nitrogens with zero attached hydrogens (tertiary/aromatic N) is 3. The number of benzene rings is 8. The topological polar surface area (TPSA) is 30.7 Å². The zero-order valence-corrected chi connectivity index (χ0v) is 28.8.